The van der Waals surface area contributed by atoms with Crippen LogP contribution in [0.2, 0.25) is 0 Å². The van der Waals surface area contributed by atoms with Crippen molar-refractivity contribution >= 4 is 59.1 Å². The Morgan fingerprint density at radius 1 is 0.774 bits per heavy atom. The van der Waals surface area contributed by atoms with E-state index < -0.39 is 78.3 Å². The third kappa shape index (κ3) is 18.4. The first-order valence-electron chi connectivity index (χ1n) is 20.7. The van der Waals surface area contributed by atoms with E-state index in [1.54, 1.807) is 42.5 Å². The summed E-state index contributed by atoms with van der Waals surface area (Å²) in [6.07, 6.45) is 3.92. The Bertz CT molecular complexity index is 1820. The normalized spacial score (nSPS) is 15.8. The third-order valence-electron chi connectivity index (χ3n) is 9.89. The number of phenolic OH excluding ortho intramolecular Hbond substituents is 1. The lowest BCUT2D eigenvalue weighted by molar-refractivity contribution is -0.142. The summed E-state index contributed by atoms with van der Waals surface area (Å²) >= 11 is 1.41. The lowest BCUT2D eigenvalue weighted by Gasteiger charge is -2.26. The van der Waals surface area contributed by atoms with Crippen LogP contribution in [0.25, 0.3) is 0 Å². The summed E-state index contributed by atoms with van der Waals surface area (Å²) in [6.45, 7) is 4.12. The number of nitrogens with two attached hydrogens (primary N) is 2. The number of aromatic hydroxyl groups is 1. The van der Waals surface area contributed by atoms with Crippen LogP contribution in [0.5, 0.6) is 5.75 Å². The molecule has 340 valence electrons. The van der Waals surface area contributed by atoms with Gasteiger partial charge in [-0.15, -0.1) is 0 Å². The Morgan fingerprint density at radius 2 is 1.37 bits per heavy atom. The predicted octanol–water partition coefficient (Wildman–Crippen LogP) is -0.593. The SMILES string of the molecule is CSCC[C@H](NC(=O)[C@H](Cc1ccc(O)cc1)NC(=O)CNC(=O)[C@H](CC(C)C)NC(=O)[C@@H]1CCCN1)C(=O)N[C@@H](Cc1ccccc1)C(=O)N[C@@H](CCCN=C(N)N)C(=O)O. The fourth-order valence-corrected chi connectivity index (χ4v) is 7.11. The number of phenols is 1. The Kier molecular flexibility index (Phi) is 21.5. The molecule has 20 heteroatoms. The van der Waals surface area contributed by atoms with E-state index >= 15 is 0 Å². The van der Waals surface area contributed by atoms with E-state index in [0.29, 0.717) is 36.3 Å². The molecular weight excluding hydrogens is 821 g/mol. The van der Waals surface area contributed by atoms with Gasteiger partial charge in [0.05, 0.1) is 12.6 Å². The highest BCUT2D eigenvalue weighted by Crippen LogP contribution is 2.14. The molecule has 0 spiro atoms. The average Bonchev–Trinajstić information content (AvgIpc) is 3.78. The molecule has 1 fully saturated rings. The van der Waals surface area contributed by atoms with E-state index in [-0.39, 0.29) is 62.2 Å². The van der Waals surface area contributed by atoms with Crippen molar-refractivity contribution in [1.82, 2.24) is 37.2 Å². The molecule has 2 aromatic carbocycles. The molecule has 3 rings (SSSR count). The van der Waals surface area contributed by atoms with Gasteiger partial charge in [-0.05, 0) is 86.3 Å². The van der Waals surface area contributed by atoms with Gasteiger partial charge in [0.2, 0.25) is 35.4 Å². The quantitative estimate of drug-likeness (QED) is 0.0320. The van der Waals surface area contributed by atoms with Crippen LogP contribution in [0.1, 0.15) is 63.5 Å². The van der Waals surface area contributed by atoms with Crippen molar-refractivity contribution in [3.8, 4) is 5.75 Å². The Morgan fingerprint density at radius 3 is 1.95 bits per heavy atom. The summed E-state index contributed by atoms with van der Waals surface area (Å²) in [4.78, 5) is 97.3. The van der Waals surface area contributed by atoms with E-state index in [0.717, 1.165) is 6.42 Å². The minimum absolute atomic E-state index is 0.00130. The Hall–Kier alpha value is -5.89. The lowest BCUT2D eigenvalue weighted by atomic mass is 10.0. The molecule has 0 unspecified atom stereocenters. The van der Waals surface area contributed by atoms with E-state index in [1.165, 1.54) is 23.9 Å². The average molecular weight is 883 g/mol. The number of hydrogen-bond donors (Lipinski definition) is 11. The van der Waals surface area contributed by atoms with Crippen molar-refractivity contribution in [3.63, 3.8) is 0 Å². The summed E-state index contributed by atoms with van der Waals surface area (Å²) in [5.74, 6) is -4.83. The zero-order valence-electron chi connectivity index (χ0n) is 35.5. The molecule has 6 atom stereocenters. The molecule has 1 saturated heterocycles. The van der Waals surface area contributed by atoms with Crippen molar-refractivity contribution in [3.05, 3.63) is 65.7 Å². The van der Waals surface area contributed by atoms with Crippen LogP contribution in [-0.4, -0.2) is 125 Å². The number of nitrogens with zero attached hydrogens (tertiary/aromatic N) is 1. The molecule has 1 aliphatic rings. The number of aliphatic imine (C=N–C) groups is 1. The van der Waals surface area contributed by atoms with Crippen molar-refractivity contribution in [1.29, 1.82) is 0 Å². The van der Waals surface area contributed by atoms with Gasteiger partial charge in [-0.2, -0.15) is 11.8 Å². The molecule has 0 bridgehead atoms. The van der Waals surface area contributed by atoms with Gasteiger partial charge in [0.15, 0.2) is 5.96 Å². The molecule has 13 N–H and O–H groups in total. The summed E-state index contributed by atoms with van der Waals surface area (Å²) in [7, 11) is 0. The van der Waals surface area contributed by atoms with Gasteiger partial charge in [0.25, 0.3) is 0 Å². The zero-order chi connectivity index (χ0) is 45.6. The maximum Gasteiger partial charge on any atom is 0.326 e. The topological polar surface area (TPSA) is 309 Å². The van der Waals surface area contributed by atoms with Crippen LogP contribution in [0, 0.1) is 5.92 Å². The van der Waals surface area contributed by atoms with Crippen LogP contribution in [0.3, 0.4) is 0 Å². The van der Waals surface area contributed by atoms with Gasteiger partial charge in [0.1, 0.15) is 36.0 Å². The third-order valence-corrected chi connectivity index (χ3v) is 10.5. The summed E-state index contributed by atoms with van der Waals surface area (Å²) in [5.41, 5.74) is 12.0. The number of rotatable bonds is 26. The smallest absolute Gasteiger partial charge is 0.326 e. The minimum atomic E-state index is -1.32. The number of guanidine groups is 1. The number of carboxylic acids is 1. The molecule has 0 saturated carbocycles. The first kappa shape index (κ1) is 50.5. The second-order valence-corrected chi connectivity index (χ2v) is 16.5. The number of amides is 6. The second kappa shape index (κ2) is 26.4. The second-order valence-electron chi connectivity index (χ2n) is 15.5. The largest absolute Gasteiger partial charge is 0.508 e. The fourth-order valence-electron chi connectivity index (χ4n) is 6.64. The highest BCUT2D eigenvalue weighted by Gasteiger charge is 2.32. The highest BCUT2D eigenvalue weighted by molar-refractivity contribution is 7.98. The number of carbonyl (C=O) groups is 7. The summed E-state index contributed by atoms with van der Waals surface area (Å²) in [6, 6.07) is 8.39. The van der Waals surface area contributed by atoms with E-state index in [2.05, 4.69) is 42.2 Å². The number of nitrogens with one attached hydrogen (secondary N) is 7. The van der Waals surface area contributed by atoms with Gasteiger partial charge in [-0.25, -0.2) is 4.79 Å². The van der Waals surface area contributed by atoms with Crippen molar-refractivity contribution in [2.45, 2.75) is 101 Å². The number of carbonyl (C=O) groups excluding carboxylic acids is 6. The van der Waals surface area contributed by atoms with Crippen LogP contribution in [0.4, 0.5) is 0 Å². The van der Waals surface area contributed by atoms with E-state index in [9.17, 15) is 43.8 Å². The number of benzene rings is 2. The number of aliphatic carboxylic acids is 1. The van der Waals surface area contributed by atoms with Gasteiger partial charge in [-0.3, -0.25) is 33.8 Å². The number of hydrogen-bond acceptors (Lipinski definition) is 11. The molecule has 1 aliphatic heterocycles. The molecule has 2 aromatic rings. The first-order chi connectivity index (χ1) is 29.6. The molecule has 19 nitrogen and oxygen atoms in total. The van der Waals surface area contributed by atoms with Gasteiger partial charge in [-0.1, -0.05) is 56.3 Å². The molecule has 0 aliphatic carbocycles. The molecule has 62 heavy (non-hydrogen) atoms. The maximum atomic E-state index is 14.1. The monoisotopic (exact) mass is 882 g/mol. The number of thioether (sulfide) groups is 1. The molecular formula is C42H62N10O9S. The van der Waals surface area contributed by atoms with Crippen molar-refractivity contribution in [2.75, 3.05) is 31.6 Å². The van der Waals surface area contributed by atoms with Crippen LogP contribution in [-0.2, 0) is 46.4 Å². The van der Waals surface area contributed by atoms with E-state index in [1.807, 2.05) is 20.1 Å². The van der Waals surface area contributed by atoms with Crippen molar-refractivity contribution < 1.29 is 43.8 Å². The molecule has 1 heterocycles. The van der Waals surface area contributed by atoms with E-state index in [4.69, 9.17) is 11.5 Å². The van der Waals surface area contributed by atoms with Gasteiger partial charge < -0.3 is 58.9 Å². The zero-order valence-corrected chi connectivity index (χ0v) is 36.3. The molecule has 0 aromatic heterocycles. The van der Waals surface area contributed by atoms with Gasteiger partial charge >= 0.3 is 5.97 Å². The Labute approximate surface area is 366 Å². The van der Waals surface area contributed by atoms with Gasteiger partial charge in [0, 0.05) is 19.4 Å². The first-order valence-corrected chi connectivity index (χ1v) is 22.1. The summed E-state index contributed by atoms with van der Waals surface area (Å²) < 4.78 is 0. The lowest BCUT2D eigenvalue weighted by Crippen LogP contribution is -2.59. The van der Waals surface area contributed by atoms with Crippen LogP contribution >= 0.6 is 11.8 Å². The number of carboxylic acid groups (broad SMARTS) is 1. The highest BCUT2D eigenvalue weighted by atomic mass is 32.2. The summed E-state index contributed by atoms with van der Waals surface area (Å²) in [5, 5.41) is 38.8. The maximum absolute atomic E-state index is 14.1. The predicted molar refractivity (Wildman–Crippen MR) is 236 cm³/mol. The Balaban J connectivity index is 1.79. The van der Waals surface area contributed by atoms with Crippen LogP contribution < -0.4 is 48.7 Å². The van der Waals surface area contributed by atoms with Crippen molar-refractivity contribution in [2.24, 2.45) is 22.4 Å². The molecule has 0 radical (unpaired) electrons. The van der Waals surface area contributed by atoms with Crippen LogP contribution in [0.15, 0.2) is 59.6 Å². The standard InChI is InChI=1S/C42H62N10O9S/c1-25(2)21-32(51-37(56)29-11-7-18-45-29)36(55)47-24-35(54)48-33(23-27-13-15-28(53)16-14-27)39(58)49-30(17-20-62-3)38(57)52-34(22-26-9-5-4-6-10-26)40(59)50-31(41(60)61)12-8-19-46-42(43)44/h4-6,9-10,13-16,25,29-34,45,53H,7-8,11-12,17-24H2,1-3H3,(H,47,55)(H,48,54)(H,49,58)(H,50,59)(H,51,56)(H,52,57)(H,60,61)(H4,43,44,46)/t29-,30-,31-,32-,33-,34-/m0/s1. The fraction of sp³-hybridized carbons (Fsp3) is 0.524. The molecule has 6 amide bonds. The minimum Gasteiger partial charge on any atom is -0.508 e.